The summed E-state index contributed by atoms with van der Waals surface area (Å²) in [5, 5.41) is 0. The summed E-state index contributed by atoms with van der Waals surface area (Å²) in [4.78, 5) is 32.0. The molecule has 0 radical (unpaired) electrons. The lowest BCUT2D eigenvalue weighted by molar-refractivity contribution is 0.375. The lowest BCUT2D eigenvalue weighted by atomic mass is 11.9. The maximum atomic E-state index is 9.83. The summed E-state index contributed by atoms with van der Waals surface area (Å²) in [6.45, 7) is 0. The van der Waals surface area contributed by atoms with E-state index in [4.69, 9.17) is 19.6 Å². The van der Waals surface area contributed by atoms with Gasteiger partial charge in [-0.1, -0.05) is 0 Å². The molecule has 0 rings (SSSR count). The zero-order valence-electron chi connectivity index (χ0n) is 3.80. The Balaban J connectivity index is 3.56. The van der Waals surface area contributed by atoms with Crippen LogP contribution in [0.1, 0.15) is 0 Å². The third-order valence-corrected chi connectivity index (χ3v) is 2.80. The molecule has 4 N–H and O–H groups in total. The van der Waals surface area contributed by atoms with Crippen molar-refractivity contribution in [1.29, 1.82) is 0 Å². The van der Waals surface area contributed by atoms with E-state index in [0.29, 0.717) is 0 Å². The molecule has 0 unspecified atom stereocenters. The van der Waals surface area contributed by atoms with Gasteiger partial charge in [0.2, 0.25) is 0 Å². The highest BCUT2D eigenvalue weighted by Gasteiger charge is 2.17. The van der Waals surface area contributed by atoms with Crippen LogP contribution in [0.3, 0.4) is 0 Å². The maximum Gasteiger partial charge on any atom is 0.334 e. The monoisotopic (exact) mass is 160 g/mol. The molecule has 0 saturated carbocycles. The Labute approximate surface area is 47.1 Å². The maximum absolute atomic E-state index is 9.83. The highest BCUT2D eigenvalue weighted by Crippen LogP contribution is 2.46. The standard InChI is InChI=1S/CH6O5P2/c2-7(3)1-8(4,5)6/h2-3H,1H2,(H2,4,5,6). The van der Waals surface area contributed by atoms with Crippen molar-refractivity contribution >= 4 is 16.0 Å². The van der Waals surface area contributed by atoms with Gasteiger partial charge in [-0.2, -0.15) is 0 Å². The first-order valence-corrected chi connectivity index (χ1v) is 4.85. The fourth-order valence-electron chi connectivity index (χ4n) is 0.165. The minimum absolute atomic E-state index is 0.831. The molecule has 0 saturated heterocycles. The molecule has 0 aliphatic heterocycles. The van der Waals surface area contributed by atoms with Crippen molar-refractivity contribution in [3.63, 3.8) is 0 Å². The third-order valence-electron chi connectivity index (χ3n) is 0.311. The molecule has 0 fully saturated rings. The molecule has 0 heterocycles. The van der Waals surface area contributed by atoms with Crippen LogP contribution in [0.15, 0.2) is 0 Å². The third kappa shape index (κ3) is 6.50. The molecule has 0 amide bonds. The lowest BCUT2D eigenvalue weighted by Crippen LogP contribution is -1.83. The first-order chi connectivity index (χ1) is 3.42. The Morgan fingerprint density at radius 3 is 1.75 bits per heavy atom. The Bertz CT molecular complexity index is 103. The number of hydrogen-bond acceptors (Lipinski definition) is 3. The van der Waals surface area contributed by atoms with Crippen molar-refractivity contribution < 1.29 is 24.1 Å². The summed E-state index contributed by atoms with van der Waals surface area (Å²) in [6, 6.07) is 0. The summed E-state index contributed by atoms with van der Waals surface area (Å²) in [5.41, 5.74) is 0. The van der Waals surface area contributed by atoms with E-state index in [9.17, 15) is 4.57 Å². The lowest BCUT2D eigenvalue weighted by Gasteiger charge is -2.02. The molecule has 0 aromatic heterocycles. The molecule has 50 valence electrons. The van der Waals surface area contributed by atoms with Crippen molar-refractivity contribution in [1.82, 2.24) is 0 Å². The largest absolute Gasteiger partial charge is 0.350 e. The second-order valence-corrected chi connectivity index (χ2v) is 4.38. The second-order valence-electron chi connectivity index (χ2n) is 1.18. The fraction of sp³-hybridized carbons (Fsp3) is 1.00. The summed E-state index contributed by atoms with van der Waals surface area (Å²) < 4.78 is 9.83. The first-order valence-electron chi connectivity index (χ1n) is 1.62. The van der Waals surface area contributed by atoms with Crippen LogP contribution in [0, 0.1) is 0 Å². The Morgan fingerprint density at radius 1 is 1.38 bits per heavy atom. The normalized spacial score (nSPS) is 12.6. The van der Waals surface area contributed by atoms with Gasteiger partial charge in [0, 0.05) is 0 Å². The molecular formula is CH6O5P2. The van der Waals surface area contributed by atoms with Crippen LogP contribution in [0.25, 0.3) is 0 Å². The van der Waals surface area contributed by atoms with E-state index in [1.807, 2.05) is 0 Å². The molecule has 0 aliphatic rings. The van der Waals surface area contributed by atoms with E-state index < -0.39 is 21.9 Å². The SMILES string of the molecule is O=P(O)(O)CP(O)O. The predicted octanol–water partition coefficient (Wildman–Crippen LogP) is -0.582. The van der Waals surface area contributed by atoms with Crippen LogP contribution in [0.2, 0.25) is 0 Å². The van der Waals surface area contributed by atoms with Crippen LogP contribution >= 0.6 is 16.0 Å². The van der Waals surface area contributed by atoms with E-state index in [1.165, 1.54) is 0 Å². The summed E-state index contributed by atoms with van der Waals surface area (Å²) in [5.74, 6) is -0.831. The Hall–Kier alpha value is 0.500. The predicted molar refractivity (Wildman–Crippen MR) is 28.3 cm³/mol. The molecule has 0 spiro atoms. The van der Waals surface area contributed by atoms with Crippen molar-refractivity contribution in [3.8, 4) is 0 Å². The van der Waals surface area contributed by atoms with Gasteiger partial charge >= 0.3 is 7.60 Å². The topological polar surface area (TPSA) is 98.0 Å². The number of hydrogen-bond donors (Lipinski definition) is 4. The highest BCUT2D eigenvalue weighted by atomic mass is 31.2. The van der Waals surface area contributed by atoms with Crippen LogP contribution in [-0.2, 0) is 4.57 Å². The van der Waals surface area contributed by atoms with Crippen molar-refractivity contribution in [3.05, 3.63) is 0 Å². The molecule has 0 aliphatic carbocycles. The molecular weight excluding hydrogens is 154 g/mol. The van der Waals surface area contributed by atoms with Gasteiger partial charge in [0.15, 0.2) is 8.38 Å². The zero-order chi connectivity index (χ0) is 6.78. The van der Waals surface area contributed by atoms with E-state index in [0.717, 1.165) is 0 Å². The molecule has 7 heteroatoms. The summed E-state index contributed by atoms with van der Waals surface area (Å²) in [6.07, 6.45) is 0. The van der Waals surface area contributed by atoms with Crippen LogP contribution in [0.4, 0.5) is 0 Å². The molecule has 0 bridgehead atoms. The average molecular weight is 160 g/mol. The zero-order valence-corrected chi connectivity index (χ0v) is 5.59. The Morgan fingerprint density at radius 2 is 1.75 bits per heavy atom. The molecule has 0 aromatic rings. The molecule has 0 aromatic carbocycles. The summed E-state index contributed by atoms with van der Waals surface area (Å²) >= 11 is 0. The van der Waals surface area contributed by atoms with Gasteiger partial charge in [-0.25, -0.2) is 0 Å². The van der Waals surface area contributed by atoms with Crippen LogP contribution < -0.4 is 0 Å². The van der Waals surface area contributed by atoms with Crippen LogP contribution in [0.5, 0.6) is 0 Å². The van der Waals surface area contributed by atoms with E-state index in [2.05, 4.69) is 0 Å². The van der Waals surface area contributed by atoms with Gasteiger partial charge in [-0.3, -0.25) is 4.57 Å². The Kier molecular flexibility index (Phi) is 3.05. The number of rotatable bonds is 2. The van der Waals surface area contributed by atoms with Crippen LogP contribution in [-0.4, -0.2) is 25.5 Å². The van der Waals surface area contributed by atoms with Gasteiger partial charge in [0.05, 0.1) is 0 Å². The van der Waals surface area contributed by atoms with E-state index >= 15 is 0 Å². The van der Waals surface area contributed by atoms with Crippen molar-refractivity contribution in [2.45, 2.75) is 0 Å². The summed E-state index contributed by atoms with van der Waals surface area (Å²) in [7, 11) is -6.64. The highest BCUT2D eigenvalue weighted by molar-refractivity contribution is 7.66. The van der Waals surface area contributed by atoms with Gasteiger partial charge < -0.3 is 19.6 Å². The van der Waals surface area contributed by atoms with Gasteiger partial charge in [0.25, 0.3) is 0 Å². The quantitative estimate of drug-likeness (QED) is 0.405. The van der Waals surface area contributed by atoms with E-state index in [1.54, 1.807) is 0 Å². The van der Waals surface area contributed by atoms with E-state index in [-0.39, 0.29) is 0 Å². The smallest absolute Gasteiger partial charge is 0.334 e. The minimum atomic E-state index is -4.19. The first kappa shape index (κ1) is 8.50. The van der Waals surface area contributed by atoms with Gasteiger partial charge in [-0.05, 0) is 0 Å². The van der Waals surface area contributed by atoms with Crippen molar-refractivity contribution in [2.75, 3.05) is 5.90 Å². The fourth-order valence-corrected chi connectivity index (χ4v) is 1.48. The van der Waals surface area contributed by atoms with Gasteiger partial charge in [0.1, 0.15) is 5.90 Å². The molecule has 5 nitrogen and oxygen atoms in total. The second kappa shape index (κ2) is 2.87. The minimum Gasteiger partial charge on any atom is -0.350 e. The van der Waals surface area contributed by atoms with Gasteiger partial charge in [-0.15, -0.1) is 0 Å². The molecule has 8 heavy (non-hydrogen) atoms. The van der Waals surface area contributed by atoms with Crippen molar-refractivity contribution in [2.24, 2.45) is 0 Å². The average Bonchev–Trinajstić information content (AvgIpc) is 1.21. The molecule has 0 atom stereocenters.